The van der Waals surface area contributed by atoms with Gasteiger partial charge in [0.15, 0.2) is 5.82 Å². The molecule has 2 aromatic rings. The molecule has 0 bridgehead atoms. The molecule has 0 aliphatic carbocycles. The van der Waals surface area contributed by atoms with E-state index in [0.717, 1.165) is 12.8 Å². The molecule has 8 heteroatoms. The highest BCUT2D eigenvalue weighted by molar-refractivity contribution is 5.78. The summed E-state index contributed by atoms with van der Waals surface area (Å²) < 4.78 is 25.2. The van der Waals surface area contributed by atoms with Crippen molar-refractivity contribution in [2.24, 2.45) is 5.92 Å². The van der Waals surface area contributed by atoms with Crippen LogP contribution in [0.15, 0.2) is 22.7 Å². The number of benzene rings is 1. The Kier molecular flexibility index (Phi) is 5.80. The van der Waals surface area contributed by atoms with Crippen LogP contribution in [-0.4, -0.2) is 60.3 Å². The smallest absolute Gasteiger partial charge is 0.258 e. The second-order valence-electron chi connectivity index (χ2n) is 7.98. The first-order valence-electron chi connectivity index (χ1n) is 10.3. The average molecular weight is 402 g/mol. The third-order valence-electron chi connectivity index (χ3n) is 5.65. The molecule has 2 fully saturated rings. The molecular formula is C21H27FN4O3. The van der Waals surface area contributed by atoms with Crippen molar-refractivity contribution in [3.05, 3.63) is 29.8 Å². The summed E-state index contributed by atoms with van der Waals surface area (Å²) in [4.78, 5) is 20.6. The summed E-state index contributed by atoms with van der Waals surface area (Å²) in [5.74, 6) is 1.17. The van der Waals surface area contributed by atoms with E-state index in [0.29, 0.717) is 62.4 Å². The summed E-state index contributed by atoms with van der Waals surface area (Å²) in [6, 6.07) is 4.88. The molecule has 0 radical (unpaired) electrons. The minimum Gasteiger partial charge on any atom is -0.378 e. The van der Waals surface area contributed by atoms with Gasteiger partial charge in [-0.05, 0) is 31.0 Å². The van der Waals surface area contributed by atoms with Crippen LogP contribution in [0.2, 0.25) is 0 Å². The van der Waals surface area contributed by atoms with E-state index >= 15 is 0 Å². The number of hydrogen-bond donors (Lipinski definition) is 0. The normalized spacial score (nSPS) is 18.5. The molecule has 2 aliphatic heterocycles. The van der Waals surface area contributed by atoms with E-state index < -0.39 is 0 Å². The van der Waals surface area contributed by atoms with Crippen LogP contribution in [0.5, 0.6) is 0 Å². The Morgan fingerprint density at radius 2 is 1.90 bits per heavy atom. The molecular weight excluding hydrogens is 375 g/mol. The number of carbonyl (C=O) groups is 1. The Hall–Kier alpha value is -2.48. The summed E-state index contributed by atoms with van der Waals surface area (Å²) in [5.41, 5.74) is 1.24. The maximum Gasteiger partial charge on any atom is 0.258 e. The highest BCUT2D eigenvalue weighted by Crippen LogP contribution is 2.31. The van der Waals surface area contributed by atoms with Crippen LogP contribution in [0.25, 0.3) is 11.5 Å². The van der Waals surface area contributed by atoms with E-state index in [1.54, 1.807) is 12.1 Å². The van der Waals surface area contributed by atoms with Gasteiger partial charge in [0.05, 0.1) is 18.9 Å². The Bertz CT molecular complexity index is 855. The van der Waals surface area contributed by atoms with Crippen LogP contribution in [0, 0.1) is 11.7 Å². The minimum atomic E-state index is -0.266. The first kappa shape index (κ1) is 19.8. The number of aromatic nitrogens is 2. The number of piperidine rings is 1. The highest BCUT2D eigenvalue weighted by Gasteiger charge is 2.28. The minimum absolute atomic E-state index is 0.0162. The van der Waals surface area contributed by atoms with Crippen molar-refractivity contribution in [1.82, 2.24) is 15.0 Å². The van der Waals surface area contributed by atoms with Gasteiger partial charge in [0, 0.05) is 43.6 Å². The number of likely N-dealkylation sites (tertiary alicyclic amines) is 1. The van der Waals surface area contributed by atoms with Crippen molar-refractivity contribution < 1.29 is 18.4 Å². The van der Waals surface area contributed by atoms with E-state index in [1.807, 2.05) is 23.6 Å². The van der Waals surface area contributed by atoms with E-state index in [2.05, 4.69) is 10.1 Å². The van der Waals surface area contributed by atoms with Gasteiger partial charge in [-0.1, -0.05) is 19.0 Å². The van der Waals surface area contributed by atoms with Gasteiger partial charge in [-0.3, -0.25) is 4.79 Å². The average Bonchev–Trinajstić information content (AvgIpc) is 3.24. The summed E-state index contributed by atoms with van der Waals surface area (Å²) in [7, 11) is 0. The molecule has 2 saturated heterocycles. The van der Waals surface area contributed by atoms with Crippen LogP contribution in [0.4, 0.5) is 10.1 Å². The monoisotopic (exact) mass is 402 g/mol. The largest absolute Gasteiger partial charge is 0.378 e. The van der Waals surface area contributed by atoms with E-state index in [9.17, 15) is 9.18 Å². The third kappa shape index (κ3) is 4.27. The van der Waals surface area contributed by atoms with Crippen molar-refractivity contribution in [3.8, 4) is 11.5 Å². The number of ether oxygens (including phenoxy) is 1. The molecule has 2 aliphatic rings. The first-order valence-corrected chi connectivity index (χ1v) is 10.3. The Morgan fingerprint density at radius 1 is 1.17 bits per heavy atom. The zero-order valence-corrected chi connectivity index (χ0v) is 16.9. The Morgan fingerprint density at radius 3 is 2.59 bits per heavy atom. The Labute approximate surface area is 169 Å². The molecule has 29 heavy (non-hydrogen) atoms. The molecule has 4 rings (SSSR count). The second kappa shape index (κ2) is 8.49. The fourth-order valence-electron chi connectivity index (χ4n) is 3.93. The van der Waals surface area contributed by atoms with Crippen LogP contribution in [-0.2, 0) is 9.53 Å². The van der Waals surface area contributed by atoms with Crippen LogP contribution >= 0.6 is 0 Å². The molecule has 1 aromatic heterocycles. The van der Waals surface area contributed by atoms with Gasteiger partial charge in [-0.2, -0.15) is 4.98 Å². The molecule has 0 unspecified atom stereocenters. The molecule has 0 saturated carbocycles. The number of amides is 1. The first-order chi connectivity index (χ1) is 14.0. The fourth-order valence-corrected chi connectivity index (χ4v) is 3.93. The van der Waals surface area contributed by atoms with Crippen molar-refractivity contribution in [1.29, 1.82) is 0 Å². The van der Waals surface area contributed by atoms with Crippen molar-refractivity contribution >= 4 is 11.6 Å². The number of anilines is 1. The lowest BCUT2D eigenvalue weighted by Gasteiger charge is -2.31. The summed E-state index contributed by atoms with van der Waals surface area (Å²) >= 11 is 0. The molecule has 0 N–H and O–H groups in total. The van der Waals surface area contributed by atoms with Gasteiger partial charge in [0.1, 0.15) is 5.82 Å². The molecule has 0 spiro atoms. The quantitative estimate of drug-likeness (QED) is 0.783. The number of morpholine rings is 1. The highest BCUT2D eigenvalue weighted by atomic mass is 19.1. The Balaban J connectivity index is 1.46. The molecule has 1 amide bonds. The zero-order valence-electron chi connectivity index (χ0n) is 16.9. The lowest BCUT2D eigenvalue weighted by Crippen LogP contribution is -2.40. The van der Waals surface area contributed by atoms with Crippen molar-refractivity contribution in [3.63, 3.8) is 0 Å². The second-order valence-corrected chi connectivity index (χ2v) is 7.98. The predicted octanol–water partition coefficient (Wildman–Crippen LogP) is 3.07. The summed E-state index contributed by atoms with van der Waals surface area (Å²) in [6.45, 7) is 7.76. The molecule has 1 aromatic carbocycles. The zero-order chi connectivity index (χ0) is 20.4. The van der Waals surface area contributed by atoms with Gasteiger partial charge >= 0.3 is 0 Å². The van der Waals surface area contributed by atoms with E-state index in [-0.39, 0.29) is 23.6 Å². The van der Waals surface area contributed by atoms with Crippen molar-refractivity contribution in [2.75, 3.05) is 44.3 Å². The van der Waals surface area contributed by atoms with Gasteiger partial charge in [-0.15, -0.1) is 0 Å². The van der Waals surface area contributed by atoms with Gasteiger partial charge in [0.2, 0.25) is 5.91 Å². The number of nitrogens with zero attached hydrogens (tertiary/aromatic N) is 4. The SMILES string of the molecule is CC(C)C(=O)N1CCC(c2noc(-c3ccc(F)c(N4CCOCC4)c3)n2)CC1. The lowest BCUT2D eigenvalue weighted by atomic mass is 9.95. The predicted molar refractivity (Wildman–Crippen MR) is 106 cm³/mol. The van der Waals surface area contributed by atoms with Crippen LogP contribution in [0.3, 0.4) is 0 Å². The number of halogens is 1. The topological polar surface area (TPSA) is 71.7 Å². The van der Waals surface area contributed by atoms with Gasteiger partial charge in [0.25, 0.3) is 5.89 Å². The van der Waals surface area contributed by atoms with Gasteiger partial charge < -0.3 is 19.1 Å². The maximum absolute atomic E-state index is 14.3. The number of rotatable bonds is 4. The van der Waals surface area contributed by atoms with E-state index in [1.165, 1.54) is 6.07 Å². The fraction of sp³-hybridized carbons (Fsp3) is 0.571. The summed E-state index contributed by atoms with van der Waals surface area (Å²) in [6.07, 6.45) is 1.64. The summed E-state index contributed by atoms with van der Waals surface area (Å²) in [5, 5.41) is 4.17. The number of hydrogen-bond acceptors (Lipinski definition) is 6. The van der Waals surface area contributed by atoms with Crippen molar-refractivity contribution in [2.45, 2.75) is 32.6 Å². The standard InChI is InChI=1S/C21H27FN4O3/c1-14(2)21(27)26-7-5-15(6-8-26)19-23-20(29-24-19)16-3-4-17(22)18(13-16)25-9-11-28-12-10-25/h3-4,13-15H,5-12H2,1-2H3. The number of carbonyl (C=O) groups excluding carboxylic acids is 1. The molecule has 0 atom stereocenters. The molecule has 3 heterocycles. The lowest BCUT2D eigenvalue weighted by molar-refractivity contribution is -0.135. The molecule has 7 nitrogen and oxygen atoms in total. The maximum atomic E-state index is 14.3. The third-order valence-corrected chi connectivity index (χ3v) is 5.65. The molecule has 156 valence electrons. The van der Waals surface area contributed by atoms with Crippen LogP contribution < -0.4 is 4.90 Å². The van der Waals surface area contributed by atoms with Crippen LogP contribution in [0.1, 0.15) is 38.4 Å². The van der Waals surface area contributed by atoms with Gasteiger partial charge in [-0.25, -0.2) is 4.39 Å². The van der Waals surface area contributed by atoms with E-state index in [4.69, 9.17) is 9.26 Å².